The Hall–Kier alpha value is -1.05. The van der Waals surface area contributed by atoms with Crippen molar-refractivity contribution in [1.29, 1.82) is 0 Å². The van der Waals surface area contributed by atoms with E-state index < -0.39 is 11.0 Å². The number of nitrogens with two attached hydrogens (primary N) is 1. The molecule has 3 rings (SSSR count). The third-order valence-corrected chi connectivity index (χ3v) is 8.26. The molecule has 5 unspecified atom stereocenters. The van der Waals surface area contributed by atoms with Gasteiger partial charge >= 0.3 is 0 Å². The number of fused-ring (bicyclic) bond motifs is 2. The summed E-state index contributed by atoms with van der Waals surface area (Å²) in [4.78, 5) is 26.2. The predicted octanol–water partition coefficient (Wildman–Crippen LogP) is 4.26. The zero-order chi connectivity index (χ0) is 21.4. The maximum absolute atomic E-state index is 13.1. The molecule has 0 radical (unpaired) electrons. The van der Waals surface area contributed by atoms with Crippen LogP contribution in [0.25, 0.3) is 0 Å². The fourth-order valence-electron chi connectivity index (χ4n) is 5.01. The summed E-state index contributed by atoms with van der Waals surface area (Å²) in [5, 5.41) is 3.31. The smallest absolute Gasteiger partial charge is 0.240 e. The summed E-state index contributed by atoms with van der Waals surface area (Å²) in [6.07, 6.45) is 3.74. The number of primary amides is 1. The van der Waals surface area contributed by atoms with E-state index in [9.17, 15) is 9.59 Å². The molecule has 0 spiro atoms. The lowest BCUT2D eigenvalue weighted by Crippen LogP contribution is -2.59. The summed E-state index contributed by atoms with van der Waals surface area (Å²) in [5.74, 6) is 1.00. The molecule has 2 bridgehead atoms. The number of benzene rings is 1. The number of rotatable bonds is 6. The Morgan fingerprint density at radius 1 is 1.21 bits per heavy atom. The molecule has 5 nitrogen and oxygen atoms in total. The molecule has 0 aliphatic heterocycles. The number of carbonyl (C=O) groups excluding carboxylic acids is 2. The summed E-state index contributed by atoms with van der Waals surface area (Å²) in [5.41, 5.74) is 4.53. The molecule has 1 aromatic rings. The van der Waals surface area contributed by atoms with Gasteiger partial charge in [-0.05, 0) is 93.5 Å². The Morgan fingerprint density at radius 2 is 1.86 bits per heavy atom. The minimum atomic E-state index is -0.726. The summed E-state index contributed by atoms with van der Waals surface area (Å²) in [6.45, 7) is 8.01. The molecular formula is C22H32BrN3O2S. The van der Waals surface area contributed by atoms with Crippen LogP contribution in [0.1, 0.15) is 53.4 Å². The van der Waals surface area contributed by atoms with Gasteiger partial charge in [0.1, 0.15) is 5.54 Å². The van der Waals surface area contributed by atoms with Crippen molar-refractivity contribution in [3.05, 3.63) is 28.7 Å². The van der Waals surface area contributed by atoms with E-state index in [0.717, 1.165) is 35.1 Å². The number of hydrogen-bond acceptors (Lipinski definition) is 4. The topological polar surface area (TPSA) is 84.2 Å². The minimum absolute atomic E-state index is 0.0104. The van der Waals surface area contributed by atoms with Crippen LogP contribution in [0, 0.1) is 23.2 Å². The van der Waals surface area contributed by atoms with E-state index >= 15 is 0 Å². The van der Waals surface area contributed by atoms with E-state index in [-0.39, 0.29) is 17.9 Å². The van der Waals surface area contributed by atoms with E-state index in [1.54, 1.807) is 0 Å². The lowest BCUT2D eigenvalue weighted by molar-refractivity contribution is -0.134. The van der Waals surface area contributed by atoms with Crippen LogP contribution in [0.3, 0.4) is 0 Å². The molecular weight excluding hydrogens is 450 g/mol. The maximum Gasteiger partial charge on any atom is 0.240 e. The first-order chi connectivity index (χ1) is 13.5. The molecule has 2 aliphatic carbocycles. The van der Waals surface area contributed by atoms with Crippen LogP contribution < -0.4 is 15.8 Å². The van der Waals surface area contributed by atoms with Crippen LogP contribution in [-0.4, -0.2) is 23.4 Å². The van der Waals surface area contributed by atoms with Crippen LogP contribution in [-0.2, 0) is 9.59 Å². The lowest BCUT2D eigenvalue weighted by Gasteiger charge is -2.50. The highest BCUT2D eigenvalue weighted by molar-refractivity contribution is 9.10. The number of nitrogens with one attached hydrogen (secondary N) is 2. The summed E-state index contributed by atoms with van der Waals surface area (Å²) in [7, 11) is 0. The van der Waals surface area contributed by atoms with Crippen molar-refractivity contribution in [2.45, 2.75) is 69.9 Å². The number of halogens is 1. The van der Waals surface area contributed by atoms with Gasteiger partial charge in [-0.3, -0.25) is 9.59 Å². The van der Waals surface area contributed by atoms with E-state index in [0.29, 0.717) is 17.8 Å². The molecule has 0 heterocycles. The summed E-state index contributed by atoms with van der Waals surface area (Å²) in [6, 6.07) is 8.06. The Bertz CT molecular complexity index is 768. The second-order valence-corrected chi connectivity index (χ2v) is 11.5. The number of hydrogen-bond donors (Lipinski definition) is 3. The lowest BCUT2D eigenvalue weighted by atomic mass is 9.57. The molecule has 2 saturated carbocycles. The quantitative estimate of drug-likeness (QED) is 0.529. The van der Waals surface area contributed by atoms with Crippen molar-refractivity contribution in [2.75, 3.05) is 0 Å². The maximum atomic E-state index is 13.1. The molecule has 1 aromatic carbocycles. The van der Waals surface area contributed by atoms with E-state index in [1.807, 2.05) is 45.0 Å². The molecule has 29 heavy (non-hydrogen) atoms. The first kappa shape index (κ1) is 22.6. The second kappa shape index (κ2) is 8.60. The summed E-state index contributed by atoms with van der Waals surface area (Å²) >= 11 is 4.89. The Balaban J connectivity index is 1.64. The second-order valence-electron chi connectivity index (χ2n) is 9.69. The standard InChI is InChI=1S/C22H32BrN3O2S/c1-13-9-14-10-15(12-22(4,11-14)19(24)27)18(13)25-20(28)21(2,3)26-29-17-7-5-16(23)6-8-17/h5-8,13-15,18,26H,9-12H2,1-4H3,(H2,24,27)(H,25,28). The van der Waals surface area contributed by atoms with Gasteiger partial charge in [0.05, 0.1) is 0 Å². The largest absolute Gasteiger partial charge is 0.369 e. The Kier molecular flexibility index (Phi) is 6.71. The Labute approximate surface area is 186 Å². The highest BCUT2D eigenvalue weighted by Crippen LogP contribution is 2.50. The van der Waals surface area contributed by atoms with Gasteiger partial charge in [-0.1, -0.05) is 29.8 Å². The highest BCUT2D eigenvalue weighted by Gasteiger charge is 2.49. The molecule has 5 atom stereocenters. The minimum Gasteiger partial charge on any atom is -0.369 e. The SMILES string of the molecule is CC1CC2CC(CC(C)(C(N)=O)C2)C1NC(=O)C(C)(C)NSc1ccc(Br)cc1. The highest BCUT2D eigenvalue weighted by atomic mass is 79.9. The molecule has 2 aliphatic rings. The third-order valence-electron chi connectivity index (χ3n) is 6.61. The average molecular weight is 482 g/mol. The van der Waals surface area contributed by atoms with Gasteiger partial charge in [0.2, 0.25) is 11.8 Å². The van der Waals surface area contributed by atoms with Crippen LogP contribution in [0.4, 0.5) is 0 Å². The van der Waals surface area contributed by atoms with E-state index in [2.05, 4.69) is 32.9 Å². The van der Waals surface area contributed by atoms with Crippen molar-refractivity contribution in [2.24, 2.45) is 28.9 Å². The van der Waals surface area contributed by atoms with Gasteiger partial charge in [-0.25, -0.2) is 4.72 Å². The molecule has 160 valence electrons. The predicted molar refractivity (Wildman–Crippen MR) is 121 cm³/mol. The zero-order valence-corrected chi connectivity index (χ0v) is 20.0. The van der Waals surface area contributed by atoms with Gasteiger partial charge in [0.15, 0.2) is 0 Å². The fraction of sp³-hybridized carbons (Fsp3) is 0.636. The summed E-state index contributed by atoms with van der Waals surface area (Å²) < 4.78 is 4.33. The first-order valence-electron chi connectivity index (χ1n) is 10.3. The van der Waals surface area contributed by atoms with Crippen molar-refractivity contribution in [3.8, 4) is 0 Å². The van der Waals surface area contributed by atoms with E-state index in [4.69, 9.17) is 5.73 Å². The van der Waals surface area contributed by atoms with Gasteiger partial charge in [-0.2, -0.15) is 0 Å². The average Bonchev–Trinajstić information content (AvgIpc) is 2.63. The van der Waals surface area contributed by atoms with Crippen molar-refractivity contribution >= 4 is 39.7 Å². The van der Waals surface area contributed by atoms with Crippen LogP contribution in [0.2, 0.25) is 0 Å². The Morgan fingerprint density at radius 3 is 2.48 bits per heavy atom. The molecule has 4 N–H and O–H groups in total. The molecule has 7 heteroatoms. The zero-order valence-electron chi connectivity index (χ0n) is 17.6. The van der Waals surface area contributed by atoms with Gasteiger partial charge in [-0.15, -0.1) is 0 Å². The van der Waals surface area contributed by atoms with Gasteiger partial charge < -0.3 is 11.1 Å². The third kappa shape index (κ3) is 5.17. The fourth-order valence-corrected chi connectivity index (χ4v) is 6.01. The molecule has 2 amide bonds. The molecule has 2 fully saturated rings. The van der Waals surface area contributed by atoms with Crippen molar-refractivity contribution < 1.29 is 9.59 Å². The number of amides is 2. The van der Waals surface area contributed by atoms with E-state index in [1.165, 1.54) is 11.9 Å². The monoisotopic (exact) mass is 481 g/mol. The van der Waals surface area contributed by atoms with Crippen LogP contribution in [0.15, 0.2) is 33.6 Å². The number of carbonyl (C=O) groups is 2. The van der Waals surface area contributed by atoms with Crippen molar-refractivity contribution in [1.82, 2.24) is 10.0 Å². The first-order valence-corrected chi connectivity index (χ1v) is 11.9. The molecule has 0 saturated heterocycles. The van der Waals surface area contributed by atoms with Crippen LogP contribution in [0.5, 0.6) is 0 Å². The van der Waals surface area contributed by atoms with Gasteiger partial charge in [0.25, 0.3) is 0 Å². The van der Waals surface area contributed by atoms with Gasteiger partial charge in [0, 0.05) is 20.8 Å². The van der Waals surface area contributed by atoms with Crippen molar-refractivity contribution in [3.63, 3.8) is 0 Å². The normalized spacial score (nSPS) is 31.9. The molecule has 0 aromatic heterocycles. The van der Waals surface area contributed by atoms with Crippen LogP contribution >= 0.6 is 27.9 Å².